The summed E-state index contributed by atoms with van der Waals surface area (Å²) in [6.07, 6.45) is 7.86. The lowest BCUT2D eigenvalue weighted by Gasteiger charge is -2.34. The van der Waals surface area contributed by atoms with E-state index < -0.39 is 5.41 Å². The van der Waals surface area contributed by atoms with E-state index in [-0.39, 0.29) is 6.04 Å². The molecule has 0 amide bonds. The van der Waals surface area contributed by atoms with E-state index in [9.17, 15) is 0 Å². The smallest absolute Gasteiger partial charge is 0.137 e. The Morgan fingerprint density at radius 1 is 0.566 bits per heavy atom. The molecule has 0 fully saturated rings. The fraction of sp³-hybridized carbons (Fsp3) is 0.0588. The number of anilines is 2. The highest BCUT2D eigenvalue weighted by Gasteiger charge is 2.44. The maximum atomic E-state index is 6.43. The number of hydrogen-bond acceptors (Lipinski definition) is 2. The van der Waals surface area contributed by atoms with Gasteiger partial charge < -0.3 is 9.32 Å². The minimum absolute atomic E-state index is 0.0933. The molecular formula is C51H35NO. The molecule has 8 aromatic rings. The van der Waals surface area contributed by atoms with Crippen LogP contribution in [0.25, 0.3) is 38.6 Å². The molecule has 0 saturated carbocycles. The van der Waals surface area contributed by atoms with Crippen molar-refractivity contribution in [3.63, 3.8) is 0 Å². The molecule has 2 unspecified atom stereocenters. The number of nitrogens with zero attached hydrogens (tertiary/aromatic N) is 1. The van der Waals surface area contributed by atoms with Gasteiger partial charge in [-0.2, -0.15) is 0 Å². The molecule has 10 rings (SSSR count). The highest BCUT2D eigenvalue weighted by atomic mass is 16.3. The van der Waals surface area contributed by atoms with Crippen molar-refractivity contribution in [2.75, 3.05) is 4.90 Å². The Kier molecular flexibility index (Phi) is 7.45. The summed E-state index contributed by atoms with van der Waals surface area (Å²) in [6, 6.07) is 62.6. The van der Waals surface area contributed by atoms with E-state index in [4.69, 9.17) is 4.42 Å². The highest BCUT2D eigenvalue weighted by molar-refractivity contribution is 6.06. The first-order valence-electron chi connectivity index (χ1n) is 18.3. The van der Waals surface area contributed by atoms with Crippen LogP contribution in [0.2, 0.25) is 0 Å². The summed E-state index contributed by atoms with van der Waals surface area (Å²) in [5, 5.41) is 2.26. The van der Waals surface area contributed by atoms with Gasteiger partial charge >= 0.3 is 0 Å². The Hall–Kier alpha value is -6.82. The van der Waals surface area contributed by atoms with E-state index in [1.165, 1.54) is 39.0 Å². The van der Waals surface area contributed by atoms with Gasteiger partial charge in [0.15, 0.2) is 0 Å². The lowest BCUT2D eigenvalue weighted by molar-refractivity contribution is 0.668. The maximum Gasteiger partial charge on any atom is 0.137 e. The number of allylic oxidation sites excluding steroid dienone is 2. The van der Waals surface area contributed by atoms with Gasteiger partial charge in [-0.25, -0.2) is 0 Å². The van der Waals surface area contributed by atoms with Crippen molar-refractivity contribution < 1.29 is 4.42 Å². The van der Waals surface area contributed by atoms with Crippen LogP contribution in [0, 0.1) is 11.8 Å². The average molecular weight is 678 g/mol. The Bertz CT molecular complexity index is 2760. The number of para-hydroxylation sites is 1. The van der Waals surface area contributed by atoms with Crippen molar-refractivity contribution in [2.45, 2.75) is 17.9 Å². The molecule has 250 valence electrons. The highest BCUT2D eigenvalue weighted by Crippen LogP contribution is 2.53. The number of furan rings is 1. The molecule has 0 bridgehead atoms. The van der Waals surface area contributed by atoms with E-state index in [2.05, 4.69) is 193 Å². The summed E-state index contributed by atoms with van der Waals surface area (Å²) < 4.78 is 6.43. The topological polar surface area (TPSA) is 16.4 Å². The van der Waals surface area contributed by atoms with Gasteiger partial charge in [-0.3, -0.25) is 0 Å². The average Bonchev–Trinajstić information content (AvgIpc) is 3.74. The van der Waals surface area contributed by atoms with Crippen molar-refractivity contribution in [1.82, 2.24) is 0 Å². The molecule has 2 heteroatoms. The normalized spacial score (nSPS) is 17.1. The molecule has 0 N–H and O–H groups in total. The van der Waals surface area contributed by atoms with Crippen LogP contribution in [0.1, 0.15) is 34.2 Å². The number of rotatable bonds is 5. The molecule has 2 nitrogen and oxygen atoms in total. The number of hydrogen-bond donors (Lipinski definition) is 0. The van der Waals surface area contributed by atoms with Crippen molar-refractivity contribution in [3.8, 4) is 23.0 Å². The van der Waals surface area contributed by atoms with Gasteiger partial charge in [-0.15, -0.1) is 0 Å². The van der Waals surface area contributed by atoms with Gasteiger partial charge in [0.1, 0.15) is 16.6 Å². The van der Waals surface area contributed by atoms with Crippen LogP contribution in [0.5, 0.6) is 0 Å². The van der Waals surface area contributed by atoms with Gasteiger partial charge in [-0.1, -0.05) is 157 Å². The largest absolute Gasteiger partial charge is 0.456 e. The fourth-order valence-electron chi connectivity index (χ4n) is 8.36. The second kappa shape index (κ2) is 12.7. The quantitative estimate of drug-likeness (QED) is 0.169. The molecule has 0 spiro atoms. The zero-order chi connectivity index (χ0) is 35.2. The lowest BCUT2D eigenvalue weighted by Crippen LogP contribution is -2.30. The Morgan fingerprint density at radius 3 is 2.04 bits per heavy atom. The van der Waals surface area contributed by atoms with Crippen LogP contribution in [-0.2, 0) is 5.41 Å². The van der Waals surface area contributed by atoms with Crippen molar-refractivity contribution >= 4 is 38.9 Å². The molecular weight excluding hydrogens is 643 g/mol. The minimum atomic E-state index is -0.627. The summed E-state index contributed by atoms with van der Waals surface area (Å²) in [6.45, 7) is 0. The molecule has 2 aliphatic rings. The minimum Gasteiger partial charge on any atom is -0.456 e. The Morgan fingerprint density at radius 2 is 1.23 bits per heavy atom. The number of fused-ring (bicyclic) bond motifs is 6. The van der Waals surface area contributed by atoms with Crippen LogP contribution in [0.4, 0.5) is 11.4 Å². The summed E-state index contributed by atoms with van der Waals surface area (Å²) in [5.41, 5.74) is 12.9. The predicted octanol–water partition coefficient (Wildman–Crippen LogP) is 12.5. The number of benzene rings is 7. The van der Waals surface area contributed by atoms with E-state index in [1.54, 1.807) is 0 Å². The second-order valence-corrected chi connectivity index (χ2v) is 13.8. The first-order chi connectivity index (χ1) is 26.3. The summed E-state index contributed by atoms with van der Waals surface area (Å²) in [4.78, 5) is 2.47. The first kappa shape index (κ1) is 31.0. The third-order valence-corrected chi connectivity index (χ3v) is 10.8. The summed E-state index contributed by atoms with van der Waals surface area (Å²) >= 11 is 0. The van der Waals surface area contributed by atoms with Crippen molar-refractivity contribution in [2.24, 2.45) is 0 Å². The standard InChI is InChI=1S/C51H35NO/c1-4-14-36(15-5-1)32-33-51(39-18-8-3-9-19-39)47-22-12-10-20-43(47)46-34-41(29-31-48(46)51)52(40-26-24-38(25-27-40)37-16-6-2-7-17-37)42-28-30-45-44-21-11-13-23-49(44)53-50(45)35-42/h1-26,28-31,34-35,40H,27H2. The molecule has 7 aromatic carbocycles. The third-order valence-electron chi connectivity index (χ3n) is 10.8. The molecule has 2 aliphatic carbocycles. The lowest BCUT2D eigenvalue weighted by atomic mass is 9.73. The third kappa shape index (κ3) is 5.21. The summed E-state index contributed by atoms with van der Waals surface area (Å²) in [5.74, 6) is 7.42. The van der Waals surface area contributed by atoms with Gasteiger partial charge in [-0.05, 0) is 87.8 Å². The van der Waals surface area contributed by atoms with E-state index in [0.717, 1.165) is 45.3 Å². The van der Waals surface area contributed by atoms with Crippen LogP contribution >= 0.6 is 0 Å². The van der Waals surface area contributed by atoms with Gasteiger partial charge in [0.05, 0.1) is 6.04 Å². The molecule has 1 aromatic heterocycles. The Balaban J connectivity index is 1.15. The van der Waals surface area contributed by atoms with Crippen LogP contribution in [0.15, 0.2) is 199 Å². The first-order valence-corrected chi connectivity index (χ1v) is 18.3. The van der Waals surface area contributed by atoms with Crippen LogP contribution in [0.3, 0.4) is 0 Å². The molecule has 53 heavy (non-hydrogen) atoms. The molecule has 2 atom stereocenters. The van der Waals surface area contributed by atoms with Gasteiger partial charge in [0.25, 0.3) is 0 Å². The van der Waals surface area contributed by atoms with Crippen molar-refractivity contribution in [3.05, 3.63) is 222 Å². The molecule has 1 heterocycles. The SMILES string of the molecule is C(#CC1(c2ccccc2)c2ccccc2-c2cc(N(c3ccc4c(c3)oc3ccccc34)C3C=CC(c4ccccc4)=CC3)ccc21)c1ccccc1. The molecule has 0 aliphatic heterocycles. The Labute approximate surface area is 310 Å². The van der Waals surface area contributed by atoms with Crippen LogP contribution < -0.4 is 4.90 Å². The van der Waals surface area contributed by atoms with E-state index >= 15 is 0 Å². The predicted molar refractivity (Wildman–Crippen MR) is 219 cm³/mol. The zero-order valence-electron chi connectivity index (χ0n) is 29.1. The van der Waals surface area contributed by atoms with Crippen LogP contribution in [-0.4, -0.2) is 6.04 Å². The van der Waals surface area contributed by atoms with E-state index in [1.807, 2.05) is 18.2 Å². The monoisotopic (exact) mass is 677 g/mol. The van der Waals surface area contributed by atoms with Gasteiger partial charge in [0, 0.05) is 33.8 Å². The molecule has 0 radical (unpaired) electrons. The summed E-state index contributed by atoms with van der Waals surface area (Å²) in [7, 11) is 0. The van der Waals surface area contributed by atoms with Crippen molar-refractivity contribution in [1.29, 1.82) is 0 Å². The maximum absolute atomic E-state index is 6.43. The zero-order valence-corrected chi connectivity index (χ0v) is 29.1. The van der Waals surface area contributed by atoms with E-state index in [0.29, 0.717) is 0 Å². The second-order valence-electron chi connectivity index (χ2n) is 13.8. The molecule has 0 saturated heterocycles. The fourth-order valence-corrected chi connectivity index (χ4v) is 8.36. The van der Waals surface area contributed by atoms with Gasteiger partial charge in [0.2, 0.25) is 0 Å².